The van der Waals surface area contributed by atoms with Crippen LogP contribution in [0, 0.1) is 17.1 Å². The first-order valence-corrected chi connectivity index (χ1v) is 8.23. The van der Waals surface area contributed by atoms with Crippen LogP contribution < -0.4 is 10.6 Å². The van der Waals surface area contributed by atoms with Crippen LogP contribution in [0.1, 0.15) is 18.1 Å². The molecule has 1 fully saturated rings. The van der Waals surface area contributed by atoms with E-state index >= 15 is 0 Å². The van der Waals surface area contributed by atoms with Crippen molar-refractivity contribution in [1.29, 1.82) is 5.26 Å². The van der Waals surface area contributed by atoms with E-state index in [1.54, 1.807) is 12.1 Å². The fourth-order valence-electron chi connectivity index (χ4n) is 2.41. The zero-order chi connectivity index (χ0) is 17.2. The minimum absolute atomic E-state index is 0. The average Bonchev–Trinajstić information content (AvgIpc) is 2.61. The van der Waals surface area contributed by atoms with E-state index in [4.69, 9.17) is 10.00 Å². The van der Waals surface area contributed by atoms with Gasteiger partial charge in [0.15, 0.2) is 5.96 Å². The molecule has 6 nitrogen and oxygen atoms in total. The minimum Gasteiger partial charge on any atom is -0.379 e. The molecule has 1 aliphatic rings. The van der Waals surface area contributed by atoms with Crippen molar-refractivity contribution >= 4 is 29.9 Å². The van der Waals surface area contributed by atoms with Crippen molar-refractivity contribution in [1.82, 2.24) is 15.5 Å². The summed E-state index contributed by atoms with van der Waals surface area (Å²) in [5, 5.41) is 15.2. The Kier molecular flexibility index (Phi) is 10.4. The Hall–Kier alpha value is -1.44. The lowest BCUT2D eigenvalue weighted by molar-refractivity contribution is 0.0389. The van der Waals surface area contributed by atoms with Gasteiger partial charge in [0.1, 0.15) is 5.82 Å². The topological polar surface area (TPSA) is 72.7 Å². The van der Waals surface area contributed by atoms with Gasteiger partial charge < -0.3 is 15.4 Å². The molecule has 1 aromatic rings. The molecule has 2 N–H and O–H groups in total. The number of aliphatic imine (C=N–C) groups is 1. The maximum absolute atomic E-state index is 13.9. The van der Waals surface area contributed by atoms with E-state index in [0.717, 1.165) is 45.9 Å². The van der Waals surface area contributed by atoms with Crippen molar-refractivity contribution < 1.29 is 9.13 Å². The number of nitriles is 1. The van der Waals surface area contributed by atoms with E-state index in [9.17, 15) is 4.39 Å². The van der Waals surface area contributed by atoms with E-state index < -0.39 is 5.82 Å². The van der Waals surface area contributed by atoms with E-state index in [1.807, 2.05) is 13.0 Å². The molecule has 0 amide bonds. The summed E-state index contributed by atoms with van der Waals surface area (Å²) in [5.41, 5.74) is 0.787. The molecule has 0 spiro atoms. The summed E-state index contributed by atoms with van der Waals surface area (Å²) in [4.78, 5) is 6.74. The van der Waals surface area contributed by atoms with Crippen LogP contribution in [0.25, 0.3) is 0 Å². The summed E-state index contributed by atoms with van der Waals surface area (Å²) in [6.45, 7) is 8.10. The van der Waals surface area contributed by atoms with Gasteiger partial charge in [0.05, 0.1) is 31.4 Å². The summed E-state index contributed by atoms with van der Waals surface area (Å²) < 4.78 is 19.2. The highest BCUT2D eigenvalue weighted by atomic mass is 127. The second-order valence-electron chi connectivity index (χ2n) is 5.49. The molecule has 2 rings (SSSR count). The van der Waals surface area contributed by atoms with Gasteiger partial charge in [-0.1, -0.05) is 6.07 Å². The van der Waals surface area contributed by atoms with E-state index in [-0.39, 0.29) is 30.5 Å². The Morgan fingerprint density at radius 1 is 1.36 bits per heavy atom. The lowest BCUT2D eigenvalue weighted by atomic mass is 10.1. The van der Waals surface area contributed by atoms with Gasteiger partial charge in [0, 0.05) is 38.3 Å². The average molecular weight is 461 g/mol. The molecule has 138 valence electrons. The van der Waals surface area contributed by atoms with Crippen molar-refractivity contribution in [3.05, 3.63) is 35.1 Å². The number of guanidine groups is 1. The number of nitrogens with one attached hydrogen (secondary N) is 2. The van der Waals surface area contributed by atoms with Crippen LogP contribution in [-0.2, 0) is 11.3 Å². The van der Waals surface area contributed by atoms with Crippen LogP contribution in [0.3, 0.4) is 0 Å². The smallest absolute Gasteiger partial charge is 0.191 e. The zero-order valence-electron chi connectivity index (χ0n) is 14.4. The summed E-state index contributed by atoms with van der Waals surface area (Å²) >= 11 is 0. The SMILES string of the molecule is CCNC(=NCc1ccc(C#N)cc1F)NCCN1CCOCC1.I. The Bertz CT molecular complexity index is 599. The Labute approximate surface area is 165 Å². The number of nitrogens with zero attached hydrogens (tertiary/aromatic N) is 3. The van der Waals surface area contributed by atoms with Gasteiger partial charge in [-0.25, -0.2) is 9.38 Å². The lowest BCUT2D eigenvalue weighted by Gasteiger charge is -2.26. The highest BCUT2D eigenvalue weighted by Gasteiger charge is 2.10. The van der Waals surface area contributed by atoms with Gasteiger partial charge in [0.25, 0.3) is 0 Å². The molecule has 0 aliphatic carbocycles. The highest BCUT2D eigenvalue weighted by Crippen LogP contribution is 2.11. The molecule has 8 heteroatoms. The van der Waals surface area contributed by atoms with Crippen LogP contribution in [0.15, 0.2) is 23.2 Å². The van der Waals surface area contributed by atoms with Gasteiger partial charge in [-0.2, -0.15) is 5.26 Å². The number of ether oxygens (including phenoxy) is 1. The third kappa shape index (κ3) is 7.54. The number of morpholine rings is 1. The molecule has 1 aromatic carbocycles. The van der Waals surface area contributed by atoms with Crippen LogP contribution in [-0.4, -0.2) is 56.8 Å². The minimum atomic E-state index is -0.401. The summed E-state index contributed by atoms with van der Waals surface area (Å²) in [6.07, 6.45) is 0. The molecule has 0 atom stereocenters. The third-order valence-electron chi connectivity index (χ3n) is 3.76. The second kappa shape index (κ2) is 12.0. The number of hydrogen-bond donors (Lipinski definition) is 2. The zero-order valence-corrected chi connectivity index (χ0v) is 16.8. The molecule has 1 saturated heterocycles. The molecule has 0 saturated carbocycles. The Balaban J connectivity index is 0.00000312. The normalized spacial score (nSPS) is 15.2. The fourth-order valence-corrected chi connectivity index (χ4v) is 2.41. The molecular formula is C17H25FIN5O. The van der Waals surface area contributed by atoms with Gasteiger partial charge in [-0.05, 0) is 19.1 Å². The molecule has 1 heterocycles. The number of benzene rings is 1. The number of hydrogen-bond acceptors (Lipinski definition) is 4. The summed E-state index contributed by atoms with van der Waals surface area (Å²) in [6, 6.07) is 6.37. The standard InChI is InChI=1S/C17H24FN5O.HI/c1-2-20-17(21-5-6-23-7-9-24-10-8-23)22-13-15-4-3-14(12-19)11-16(15)18;/h3-4,11H,2,5-10,13H2,1H3,(H2,20,21,22);1H. The predicted molar refractivity (Wildman–Crippen MR) is 107 cm³/mol. The van der Waals surface area contributed by atoms with Crippen molar-refractivity contribution in [2.75, 3.05) is 45.9 Å². The van der Waals surface area contributed by atoms with Gasteiger partial charge in [-0.15, -0.1) is 24.0 Å². The highest BCUT2D eigenvalue weighted by molar-refractivity contribution is 14.0. The van der Waals surface area contributed by atoms with Gasteiger partial charge in [0.2, 0.25) is 0 Å². The van der Waals surface area contributed by atoms with Crippen molar-refractivity contribution in [3.63, 3.8) is 0 Å². The summed E-state index contributed by atoms with van der Waals surface area (Å²) in [5.74, 6) is 0.261. The lowest BCUT2D eigenvalue weighted by Crippen LogP contribution is -2.44. The first-order valence-electron chi connectivity index (χ1n) is 8.23. The van der Waals surface area contributed by atoms with Crippen molar-refractivity contribution in [2.45, 2.75) is 13.5 Å². The summed E-state index contributed by atoms with van der Waals surface area (Å²) in [7, 11) is 0. The first kappa shape index (κ1) is 21.6. The molecule has 0 bridgehead atoms. The van der Waals surface area contributed by atoms with Gasteiger partial charge in [-0.3, -0.25) is 4.90 Å². The molecule has 1 aliphatic heterocycles. The van der Waals surface area contributed by atoms with E-state index in [0.29, 0.717) is 17.1 Å². The van der Waals surface area contributed by atoms with Crippen LogP contribution in [0.4, 0.5) is 4.39 Å². The maximum Gasteiger partial charge on any atom is 0.191 e. The molecule has 0 unspecified atom stereocenters. The Morgan fingerprint density at radius 2 is 2.12 bits per heavy atom. The maximum atomic E-state index is 13.9. The van der Waals surface area contributed by atoms with Crippen LogP contribution in [0.2, 0.25) is 0 Å². The largest absolute Gasteiger partial charge is 0.379 e. The molecule has 25 heavy (non-hydrogen) atoms. The van der Waals surface area contributed by atoms with Gasteiger partial charge >= 0.3 is 0 Å². The first-order chi connectivity index (χ1) is 11.7. The van der Waals surface area contributed by atoms with Crippen molar-refractivity contribution in [3.8, 4) is 6.07 Å². The second-order valence-corrected chi connectivity index (χ2v) is 5.49. The molecule has 0 aromatic heterocycles. The van der Waals surface area contributed by atoms with E-state index in [2.05, 4.69) is 20.5 Å². The van der Waals surface area contributed by atoms with Crippen LogP contribution >= 0.6 is 24.0 Å². The predicted octanol–water partition coefficient (Wildman–Crippen LogP) is 1.70. The van der Waals surface area contributed by atoms with Crippen LogP contribution in [0.5, 0.6) is 0 Å². The quantitative estimate of drug-likeness (QED) is 0.384. The Morgan fingerprint density at radius 3 is 2.76 bits per heavy atom. The third-order valence-corrected chi connectivity index (χ3v) is 3.76. The molecular weight excluding hydrogens is 436 g/mol. The van der Waals surface area contributed by atoms with E-state index in [1.165, 1.54) is 6.07 Å². The molecule has 0 radical (unpaired) electrons. The van der Waals surface area contributed by atoms with Crippen molar-refractivity contribution in [2.24, 2.45) is 4.99 Å². The number of halogens is 2. The fraction of sp³-hybridized carbons (Fsp3) is 0.529. The monoisotopic (exact) mass is 461 g/mol. The number of rotatable bonds is 6.